The van der Waals surface area contributed by atoms with Crippen LogP contribution in [0.25, 0.3) is 0 Å². The van der Waals surface area contributed by atoms with Gasteiger partial charge in [0.1, 0.15) is 11.5 Å². The average Bonchev–Trinajstić information content (AvgIpc) is 3.24. The SMILES string of the molecule is Cc1ccc(CCC(=O)N(C[C@@H]2CCCO2)[C@@H]2CCSC2)o1. The van der Waals surface area contributed by atoms with Crippen LogP contribution < -0.4 is 0 Å². The smallest absolute Gasteiger partial charge is 0.223 e. The second-order valence-corrected chi connectivity index (χ2v) is 7.36. The fourth-order valence-electron chi connectivity index (χ4n) is 3.22. The van der Waals surface area contributed by atoms with Gasteiger partial charge in [0.05, 0.1) is 6.10 Å². The third-order valence-corrected chi connectivity index (χ3v) is 5.62. The third-order valence-electron chi connectivity index (χ3n) is 4.47. The van der Waals surface area contributed by atoms with Crippen molar-refractivity contribution in [3.63, 3.8) is 0 Å². The first kappa shape index (κ1) is 15.9. The Hall–Kier alpha value is -0.940. The lowest BCUT2D eigenvalue weighted by Gasteiger charge is -2.30. The van der Waals surface area contributed by atoms with Gasteiger partial charge in [0.15, 0.2) is 0 Å². The summed E-state index contributed by atoms with van der Waals surface area (Å²) in [5.74, 6) is 4.29. The van der Waals surface area contributed by atoms with E-state index in [-0.39, 0.29) is 12.0 Å². The first-order chi connectivity index (χ1) is 10.7. The number of hydrogen-bond acceptors (Lipinski definition) is 4. The Labute approximate surface area is 136 Å². The molecule has 1 amide bonds. The molecule has 1 aromatic heterocycles. The van der Waals surface area contributed by atoms with E-state index in [4.69, 9.17) is 9.15 Å². The van der Waals surface area contributed by atoms with Crippen molar-refractivity contribution < 1.29 is 13.9 Å². The predicted molar refractivity (Wildman–Crippen MR) is 88.2 cm³/mol. The quantitative estimate of drug-likeness (QED) is 0.807. The molecule has 2 aliphatic heterocycles. The van der Waals surface area contributed by atoms with Crippen molar-refractivity contribution in [2.24, 2.45) is 0 Å². The molecular weight excluding hydrogens is 298 g/mol. The third kappa shape index (κ3) is 4.07. The highest BCUT2D eigenvalue weighted by Crippen LogP contribution is 2.25. The van der Waals surface area contributed by atoms with Gasteiger partial charge in [0, 0.05) is 37.8 Å². The van der Waals surface area contributed by atoms with E-state index in [1.54, 1.807) is 0 Å². The summed E-state index contributed by atoms with van der Waals surface area (Å²) in [6.07, 6.45) is 4.78. The Morgan fingerprint density at radius 2 is 2.32 bits per heavy atom. The average molecular weight is 323 g/mol. The second-order valence-electron chi connectivity index (χ2n) is 6.21. The van der Waals surface area contributed by atoms with Crippen LogP contribution in [0.4, 0.5) is 0 Å². The largest absolute Gasteiger partial charge is 0.466 e. The van der Waals surface area contributed by atoms with Gasteiger partial charge in [-0.3, -0.25) is 4.79 Å². The van der Waals surface area contributed by atoms with Gasteiger partial charge in [-0.1, -0.05) is 0 Å². The van der Waals surface area contributed by atoms with Crippen molar-refractivity contribution in [3.05, 3.63) is 23.7 Å². The number of thioether (sulfide) groups is 1. The van der Waals surface area contributed by atoms with Crippen LogP contribution in [-0.4, -0.2) is 47.6 Å². The minimum absolute atomic E-state index is 0.236. The number of carbonyl (C=O) groups excluding carboxylic acids is 1. The van der Waals surface area contributed by atoms with Gasteiger partial charge in [-0.2, -0.15) is 11.8 Å². The maximum Gasteiger partial charge on any atom is 0.223 e. The summed E-state index contributed by atoms with van der Waals surface area (Å²) in [7, 11) is 0. The van der Waals surface area contributed by atoms with Crippen molar-refractivity contribution in [1.82, 2.24) is 4.90 Å². The Balaban J connectivity index is 1.58. The van der Waals surface area contributed by atoms with Crippen LogP contribution in [-0.2, 0) is 16.0 Å². The van der Waals surface area contributed by atoms with E-state index >= 15 is 0 Å². The topological polar surface area (TPSA) is 42.7 Å². The predicted octanol–water partition coefficient (Wildman–Crippen LogP) is 3.03. The summed E-state index contributed by atoms with van der Waals surface area (Å²) in [6.45, 7) is 3.55. The molecule has 0 radical (unpaired) electrons. The molecule has 5 heteroatoms. The maximum absolute atomic E-state index is 12.7. The zero-order valence-electron chi connectivity index (χ0n) is 13.3. The Morgan fingerprint density at radius 3 is 2.95 bits per heavy atom. The standard InChI is InChI=1S/C17H25NO3S/c1-13-4-5-15(21-13)6-7-17(19)18(14-8-10-22-12-14)11-16-3-2-9-20-16/h4-5,14,16H,2-3,6-12H2,1H3/t14-,16+/m1/s1. The molecule has 2 saturated heterocycles. The molecule has 0 aliphatic carbocycles. The molecule has 1 aromatic rings. The van der Waals surface area contributed by atoms with Crippen LogP contribution in [0.1, 0.15) is 37.2 Å². The molecule has 0 bridgehead atoms. The van der Waals surface area contributed by atoms with Gasteiger partial charge in [-0.15, -0.1) is 0 Å². The highest BCUT2D eigenvalue weighted by atomic mass is 32.2. The van der Waals surface area contributed by atoms with Gasteiger partial charge in [-0.25, -0.2) is 0 Å². The molecule has 0 saturated carbocycles. The molecule has 0 N–H and O–H groups in total. The molecule has 2 fully saturated rings. The van der Waals surface area contributed by atoms with Crippen molar-refractivity contribution in [2.75, 3.05) is 24.7 Å². The highest BCUT2D eigenvalue weighted by Gasteiger charge is 2.30. The van der Waals surface area contributed by atoms with Crippen molar-refractivity contribution in [2.45, 2.75) is 51.2 Å². The lowest BCUT2D eigenvalue weighted by molar-refractivity contribution is -0.134. The van der Waals surface area contributed by atoms with Gasteiger partial charge < -0.3 is 14.1 Å². The lowest BCUT2D eigenvalue weighted by atomic mass is 10.1. The second kappa shape index (κ2) is 7.55. The summed E-state index contributed by atoms with van der Waals surface area (Å²) in [5, 5.41) is 0. The molecule has 4 nitrogen and oxygen atoms in total. The Morgan fingerprint density at radius 1 is 1.41 bits per heavy atom. The fourth-order valence-corrected chi connectivity index (χ4v) is 4.45. The van der Waals surface area contributed by atoms with E-state index in [0.717, 1.165) is 55.4 Å². The van der Waals surface area contributed by atoms with Crippen LogP contribution in [0.5, 0.6) is 0 Å². The van der Waals surface area contributed by atoms with Crippen molar-refractivity contribution >= 4 is 17.7 Å². The number of ether oxygens (including phenoxy) is 1. The van der Waals surface area contributed by atoms with E-state index < -0.39 is 0 Å². The number of furan rings is 1. The normalized spacial score (nSPS) is 24.8. The van der Waals surface area contributed by atoms with E-state index in [0.29, 0.717) is 18.9 Å². The number of aryl methyl sites for hydroxylation is 2. The number of carbonyl (C=O) groups is 1. The zero-order chi connectivity index (χ0) is 15.4. The Kier molecular flexibility index (Phi) is 5.47. The summed E-state index contributed by atoms with van der Waals surface area (Å²) in [6, 6.07) is 4.32. The van der Waals surface area contributed by atoms with Crippen LogP contribution in [0, 0.1) is 6.92 Å². The molecule has 0 aromatic carbocycles. The number of rotatable bonds is 6. The number of hydrogen-bond donors (Lipinski definition) is 0. The maximum atomic E-state index is 12.7. The molecule has 22 heavy (non-hydrogen) atoms. The van der Waals surface area contributed by atoms with Crippen LogP contribution in [0.3, 0.4) is 0 Å². The summed E-state index contributed by atoms with van der Waals surface area (Å²) < 4.78 is 11.3. The highest BCUT2D eigenvalue weighted by molar-refractivity contribution is 7.99. The molecule has 3 rings (SSSR count). The first-order valence-electron chi connectivity index (χ1n) is 8.26. The van der Waals surface area contributed by atoms with Gasteiger partial charge in [0.25, 0.3) is 0 Å². The van der Waals surface area contributed by atoms with Crippen LogP contribution >= 0.6 is 11.8 Å². The molecule has 0 spiro atoms. The van der Waals surface area contributed by atoms with Gasteiger partial charge in [0.2, 0.25) is 5.91 Å². The number of nitrogens with zero attached hydrogens (tertiary/aromatic N) is 1. The molecular formula is C17H25NO3S. The fraction of sp³-hybridized carbons (Fsp3) is 0.706. The molecule has 2 atom stereocenters. The van der Waals surface area contributed by atoms with E-state index in [1.165, 1.54) is 0 Å². The zero-order valence-corrected chi connectivity index (χ0v) is 14.1. The molecule has 0 unspecified atom stereocenters. The first-order valence-corrected chi connectivity index (χ1v) is 9.42. The van der Waals surface area contributed by atoms with E-state index in [9.17, 15) is 4.79 Å². The minimum atomic E-state index is 0.236. The lowest BCUT2D eigenvalue weighted by Crippen LogP contribution is -2.44. The summed E-state index contributed by atoms with van der Waals surface area (Å²) in [4.78, 5) is 14.8. The van der Waals surface area contributed by atoms with Crippen molar-refractivity contribution in [1.29, 1.82) is 0 Å². The summed E-state index contributed by atoms with van der Waals surface area (Å²) >= 11 is 1.95. The number of amides is 1. The van der Waals surface area contributed by atoms with E-state index in [1.807, 2.05) is 30.8 Å². The van der Waals surface area contributed by atoms with Crippen molar-refractivity contribution in [3.8, 4) is 0 Å². The van der Waals surface area contributed by atoms with Gasteiger partial charge >= 0.3 is 0 Å². The molecule has 122 valence electrons. The summed E-state index contributed by atoms with van der Waals surface area (Å²) in [5.41, 5.74) is 0. The molecule has 3 heterocycles. The van der Waals surface area contributed by atoms with E-state index in [2.05, 4.69) is 4.90 Å². The Bertz CT molecular complexity index is 490. The molecule has 2 aliphatic rings. The van der Waals surface area contributed by atoms with Crippen LogP contribution in [0.15, 0.2) is 16.5 Å². The van der Waals surface area contributed by atoms with Gasteiger partial charge in [-0.05, 0) is 44.1 Å². The minimum Gasteiger partial charge on any atom is -0.466 e. The van der Waals surface area contributed by atoms with Crippen LogP contribution in [0.2, 0.25) is 0 Å². The monoisotopic (exact) mass is 323 g/mol.